The molecule has 2 aromatic carbocycles. The number of aryl methyl sites for hydroxylation is 1. The lowest BCUT2D eigenvalue weighted by molar-refractivity contribution is -0.113. The monoisotopic (exact) mass is 415 g/mol. The van der Waals surface area contributed by atoms with Gasteiger partial charge in [0.05, 0.1) is 17.1 Å². The van der Waals surface area contributed by atoms with Crippen molar-refractivity contribution in [3.63, 3.8) is 0 Å². The molecule has 128 valence electrons. The number of amides is 1. The minimum Gasteiger partial charge on any atom is -0.324 e. The normalized spacial score (nSPS) is 10.7. The van der Waals surface area contributed by atoms with Gasteiger partial charge in [0.1, 0.15) is 0 Å². The number of imidazole rings is 1. The zero-order valence-electron chi connectivity index (χ0n) is 14.0. The molecule has 1 amide bonds. The molecule has 4 nitrogen and oxygen atoms in total. The van der Waals surface area contributed by atoms with E-state index in [1.807, 2.05) is 41.1 Å². The van der Waals surface area contributed by atoms with E-state index >= 15 is 0 Å². The number of hydrogen-bond acceptors (Lipinski definition) is 3. The Hall–Kier alpha value is -2.05. The Bertz CT molecular complexity index is 907. The summed E-state index contributed by atoms with van der Waals surface area (Å²) < 4.78 is 2.89. The van der Waals surface area contributed by atoms with Gasteiger partial charge in [-0.25, -0.2) is 4.98 Å². The van der Waals surface area contributed by atoms with Gasteiger partial charge in [-0.3, -0.25) is 9.36 Å². The van der Waals surface area contributed by atoms with Crippen molar-refractivity contribution in [2.24, 2.45) is 0 Å². The lowest BCUT2D eigenvalue weighted by Crippen LogP contribution is -2.14. The number of benzene rings is 2. The molecule has 0 saturated heterocycles. The summed E-state index contributed by atoms with van der Waals surface area (Å²) in [4.78, 5) is 16.6. The molecule has 0 bridgehead atoms. The average molecular weight is 416 g/mol. The van der Waals surface area contributed by atoms with Crippen LogP contribution in [0.5, 0.6) is 0 Å². The lowest BCUT2D eigenvalue weighted by Gasteiger charge is -2.12. The Morgan fingerprint density at radius 1 is 1.20 bits per heavy atom. The number of carbonyl (C=O) groups is 1. The van der Waals surface area contributed by atoms with Crippen LogP contribution in [-0.2, 0) is 4.79 Å². The van der Waals surface area contributed by atoms with E-state index in [1.54, 1.807) is 6.20 Å². The van der Waals surface area contributed by atoms with Crippen molar-refractivity contribution in [1.82, 2.24) is 9.55 Å². The molecule has 3 aromatic rings. The Balaban J connectivity index is 1.71. The molecule has 1 N–H and O–H groups in total. The second-order valence-electron chi connectivity index (χ2n) is 5.62. The number of anilines is 1. The molecule has 0 unspecified atom stereocenters. The molecular formula is C19H18BrN3OS. The summed E-state index contributed by atoms with van der Waals surface area (Å²) in [6, 6.07) is 13.8. The van der Waals surface area contributed by atoms with E-state index in [0.29, 0.717) is 5.75 Å². The topological polar surface area (TPSA) is 46.9 Å². The summed E-state index contributed by atoms with van der Waals surface area (Å²) in [5.41, 5.74) is 4.30. The number of nitrogens with one attached hydrogen (secondary N) is 1. The Morgan fingerprint density at radius 2 is 2.00 bits per heavy atom. The second-order valence-corrected chi connectivity index (χ2v) is 7.41. The molecule has 0 fully saturated rings. The largest absolute Gasteiger partial charge is 0.324 e. The third kappa shape index (κ3) is 4.14. The first-order chi connectivity index (χ1) is 12.1. The van der Waals surface area contributed by atoms with Gasteiger partial charge in [-0.15, -0.1) is 0 Å². The Morgan fingerprint density at radius 3 is 2.80 bits per heavy atom. The van der Waals surface area contributed by atoms with Crippen molar-refractivity contribution < 1.29 is 4.79 Å². The minimum atomic E-state index is -0.0626. The first kappa shape index (κ1) is 17.8. The summed E-state index contributed by atoms with van der Waals surface area (Å²) in [7, 11) is 0. The van der Waals surface area contributed by atoms with Crippen LogP contribution in [0.4, 0.5) is 5.69 Å². The molecule has 3 rings (SSSR count). The van der Waals surface area contributed by atoms with Crippen LogP contribution in [0.1, 0.15) is 11.1 Å². The van der Waals surface area contributed by atoms with E-state index in [0.717, 1.165) is 21.0 Å². The smallest absolute Gasteiger partial charge is 0.234 e. The highest BCUT2D eigenvalue weighted by Crippen LogP contribution is 2.25. The van der Waals surface area contributed by atoms with Crippen LogP contribution in [0.3, 0.4) is 0 Å². The average Bonchev–Trinajstić information content (AvgIpc) is 3.06. The van der Waals surface area contributed by atoms with E-state index in [1.165, 1.54) is 22.9 Å². The quantitative estimate of drug-likeness (QED) is 0.597. The molecule has 1 heterocycles. The van der Waals surface area contributed by atoms with Crippen LogP contribution >= 0.6 is 27.7 Å². The lowest BCUT2D eigenvalue weighted by atomic mass is 10.1. The molecule has 0 spiro atoms. The van der Waals surface area contributed by atoms with E-state index in [-0.39, 0.29) is 5.91 Å². The molecule has 0 radical (unpaired) electrons. The van der Waals surface area contributed by atoms with Gasteiger partial charge in [0.2, 0.25) is 5.91 Å². The van der Waals surface area contributed by atoms with E-state index < -0.39 is 0 Å². The molecule has 1 aromatic heterocycles. The third-order valence-electron chi connectivity index (χ3n) is 3.92. The minimum absolute atomic E-state index is 0.0626. The number of halogens is 1. The predicted octanol–water partition coefficient (Wildman–Crippen LogP) is 4.98. The van der Waals surface area contributed by atoms with Gasteiger partial charge in [0.15, 0.2) is 5.16 Å². The molecule has 0 aliphatic heterocycles. The highest BCUT2D eigenvalue weighted by atomic mass is 79.9. The van der Waals surface area contributed by atoms with Gasteiger partial charge >= 0.3 is 0 Å². The number of carbonyl (C=O) groups excluding carboxylic acids is 1. The van der Waals surface area contributed by atoms with Crippen molar-refractivity contribution in [2.75, 3.05) is 11.1 Å². The zero-order chi connectivity index (χ0) is 17.8. The fraction of sp³-hybridized carbons (Fsp3) is 0.158. The van der Waals surface area contributed by atoms with Crippen LogP contribution in [0.2, 0.25) is 0 Å². The third-order valence-corrected chi connectivity index (χ3v) is 5.58. The Kier molecular flexibility index (Phi) is 5.60. The molecule has 0 atom stereocenters. The fourth-order valence-corrected chi connectivity index (χ4v) is 3.61. The maximum absolute atomic E-state index is 12.2. The molecule has 6 heteroatoms. The summed E-state index contributed by atoms with van der Waals surface area (Å²) in [6.07, 6.45) is 3.69. The molecule has 0 aliphatic carbocycles. The van der Waals surface area contributed by atoms with Crippen LogP contribution in [-0.4, -0.2) is 21.2 Å². The first-order valence-corrected chi connectivity index (χ1v) is 9.61. The molecule has 0 aliphatic rings. The second kappa shape index (κ2) is 7.89. The molecule has 0 saturated carbocycles. The van der Waals surface area contributed by atoms with Crippen LogP contribution in [0, 0.1) is 13.8 Å². The van der Waals surface area contributed by atoms with Crippen molar-refractivity contribution in [1.29, 1.82) is 0 Å². The van der Waals surface area contributed by atoms with Gasteiger partial charge in [0.25, 0.3) is 0 Å². The molecular weight excluding hydrogens is 398 g/mol. The zero-order valence-corrected chi connectivity index (χ0v) is 16.4. The van der Waals surface area contributed by atoms with Gasteiger partial charge < -0.3 is 5.32 Å². The van der Waals surface area contributed by atoms with Crippen molar-refractivity contribution in [3.8, 4) is 5.69 Å². The van der Waals surface area contributed by atoms with Crippen LogP contribution in [0.25, 0.3) is 5.69 Å². The number of para-hydroxylation sites is 1. The highest BCUT2D eigenvalue weighted by Gasteiger charge is 2.12. The van der Waals surface area contributed by atoms with Gasteiger partial charge in [0, 0.05) is 16.9 Å². The number of aromatic nitrogens is 2. The maximum atomic E-state index is 12.2. The van der Waals surface area contributed by atoms with E-state index in [9.17, 15) is 4.79 Å². The summed E-state index contributed by atoms with van der Waals surface area (Å²) in [6.45, 7) is 4.19. The van der Waals surface area contributed by atoms with Gasteiger partial charge in [-0.2, -0.15) is 0 Å². The van der Waals surface area contributed by atoms with Crippen LogP contribution in [0.15, 0.2) is 64.5 Å². The van der Waals surface area contributed by atoms with Gasteiger partial charge in [-0.05, 0) is 59.1 Å². The number of thioether (sulfide) groups is 1. The van der Waals surface area contributed by atoms with Crippen molar-refractivity contribution in [2.45, 2.75) is 19.0 Å². The SMILES string of the molecule is Cc1cccc(-n2ccnc2SCC(=O)Nc2ccccc2Br)c1C. The first-order valence-electron chi connectivity index (χ1n) is 7.83. The van der Waals surface area contributed by atoms with Crippen LogP contribution < -0.4 is 5.32 Å². The number of rotatable bonds is 5. The summed E-state index contributed by atoms with van der Waals surface area (Å²) >= 11 is 4.85. The van der Waals surface area contributed by atoms with Crippen molar-refractivity contribution in [3.05, 3.63) is 70.5 Å². The highest BCUT2D eigenvalue weighted by molar-refractivity contribution is 9.10. The summed E-state index contributed by atoms with van der Waals surface area (Å²) in [5.74, 6) is 0.232. The standard InChI is InChI=1S/C19H18BrN3OS/c1-13-6-5-9-17(14(13)2)23-11-10-21-19(23)25-12-18(24)22-16-8-4-3-7-15(16)20/h3-11H,12H2,1-2H3,(H,22,24). The fourth-order valence-electron chi connectivity index (χ4n) is 2.46. The Labute approximate surface area is 159 Å². The predicted molar refractivity (Wildman–Crippen MR) is 107 cm³/mol. The molecule has 25 heavy (non-hydrogen) atoms. The van der Waals surface area contributed by atoms with Gasteiger partial charge in [-0.1, -0.05) is 36.0 Å². The van der Waals surface area contributed by atoms with E-state index in [2.05, 4.69) is 52.2 Å². The summed E-state index contributed by atoms with van der Waals surface area (Å²) in [5, 5.41) is 3.71. The number of hydrogen-bond donors (Lipinski definition) is 1. The maximum Gasteiger partial charge on any atom is 0.234 e. The number of nitrogens with zero attached hydrogens (tertiary/aromatic N) is 2. The van der Waals surface area contributed by atoms with E-state index in [4.69, 9.17) is 0 Å². The van der Waals surface area contributed by atoms with Crippen molar-refractivity contribution >= 4 is 39.3 Å².